The molecule has 0 spiro atoms. The second-order valence-corrected chi connectivity index (χ2v) is 5.61. The van der Waals surface area contributed by atoms with Crippen LogP contribution in [0.2, 0.25) is 0 Å². The molecule has 4 heteroatoms. The van der Waals surface area contributed by atoms with Gasteiger partial charge in [0.25, 0.3) is 0 Å². The Morgan fingerprint density at radius 3 is 2.60 bits per heavy atom. The Bertz CT molecular complexity index is 296. The summed E-state index contributed by atoms with van der Waals surface area (Å²) in [6.45, 7) is 9.34. The van der Waals surface area contributed by atoms with Crippen LogP contribution in [-0.2, 0) is 0 Å². The van der Waals surface area contributed by atoms with E-state index in [0.717, 1.165) is 11.6 Å². The van der Waals surface area contributed by atoms with Crippen LogP contribution in [0.1, 0.15) is 36.7 Å². The molecule has 86 valence electrons. The van der Waals surface area contributed by atoms with E-state index in [4.69, 9.17) is 5.73 Å². The smallest absolute Gasteiger partial charge is 0.109 e. The Kier molecular flexibility index (Phi) is 4.70. The van der Waals surface area contributed by atoms with Gasteiger partial charge in [-0.2, -0.15) is 0 Å². The molecular formula is C11H21N3S. The Labute approximate surface area is 96.1 Å². The van der Waals surface area contributed by atoms with E-state index in [0.29, 0.717) is 12.0 Å². The van der Waals surface area contributed by atoms with Crippen LogP contribution in [0, 0.1) is 12.8 Å². The molecule has 0 aliphatic heterocycles. The fourth-order valence-electron chi connectivity index (χ4n) is 1.21. The molecule has 3 N–H and O–H groups in total. The van der Waals surface area contributed by atoms with Crippen molar-refractivity contribution < 1.29 is 0 Å². The molecule has 2 unspecified atom stereocenters. The summed E-state index contributed by atoms with van der Waals surface area (Å²) in [6.07, 6.45) is 1.92. The van der Waals surface area contributed by atoms with Gasteiger partial charge in [-0.25, -0.2) is 4.98 Å². The van der Waals surface area contributed by atoms with Gasteiger partial charge in [-0.3, -0.25) is 0 Å². The van der Waals surface area contributed by atoms with Crippen molar-refractivity contribution in [2.45, 2.75) is 39.8 Å². The predicted molar refractivity (Wildman–Crippen MR) is 66.1 cm³/mol. The molecule has 0 radical (unpaired) electrons. The van der Waals surface area contributed by atoms with Gasteiger partial charge in [-0.1, -0.05) is 13.8 Å². The van der Waals surface area contributed by atoms with Crippen LogP contribution in [0.3, 0.4) is 0 Å². The van der Waals surface area contributed by atoms with Crippen molar-refractivity contribution in [1.29, 1.82) is 0 Å². The molecule has 0 aliphatic carbocycles. The quantitative estimate of drug-likeness (QED) is 0.810. The number of nitrogens with two attached hydrogens (primary N) is 1. The molecule has 1 aromatic rings. The number of hydrogen-bond donors (Lipinski definition) is 2. The van der Waals surface area contributed by atoms with Crippen molar-refractivity contribution in [3.8, 4) is 0 Å². The van der Waals surface area contributed by atoms with E-state index >= 15 is 0 Å². The maximum Gasteiger partial charge on any atom is 0.109 e. The molecule has 1 rings (SSSR count). The van der Waals surface area contributed by atoms with E-state index < -0.39 is 0 Å². The zero-order chi connectivity index (χ0) is 11.4. The van der Waals surface area contributed by atoms with Gasteiger partial charge in [0.05, 0.1) is 6.04 Å². The monoisotopic (exact) mass is 227 g/mol. The molecule has 0 bridgehead atoms. The van der Waals surface area contributed by atoms with E-state index in [2.05, 4.69) is 38.0 Å². The van der Waals surface area contributed by atoms with Crippen molar-refractivity contribution in [3.05, 3.63) is 16.1 Å². The van der Waals surface area contributed by atoms with Gasteiger partial charge in [-0.15, -0.1) is 11.3 Å². The molecule has 0 fully saturated rings. The van der Waals surface area contributed by atoms with Gasteiger partial charge >= 0.3 is 0 Å². The van der Waals surface area contributed by atoms with Crippen LogP contribution in [0.25, 0.3) is 0 Å². The molecule has 0 saturated heterocycles. The van der Waals surface area contributed by atoms with Crippen LogP contribution >= 0.6 is 11.3 Å². The molecule has 15 heavy (non-hydrogen) atoms. The maximum absolute atomic E-state index is 5.97. The first-order valence-corrected chi connectivity index (χ1v) is 6.23. The predicted octanol–water partition coefficient (Wildman–Crippen LogP) is 2.09. The van der Waals surface area contributed by atoms with Gasteiger partial charge < -0.3 is 11.1 Å². The van der Waals surface area contributed by atoms with Crippen LogP contribution in [0.15, 0.2) is 6.20 Å². The third kappa shape index (κ3) is 3.89. The average molecular weight is 227 g/mol. The molecule has 3 nitrogen and oxygen atoms in total. The van der Waals surface area contributed by atoms with Crippen LogP contribution in [0.4, 0.5) is 0 Å². The highest BCUT2D eigenvalue weighted by molar-refractivity contribution is 7.11. The maximum atomic E-state index is 5.97. The van der Waals surface area contributed by atoms with Crippen molar-refractivity contribution in [1.82, 2.24) is 10.3 Å². The Hall–Kier alpha value is -0.450. The van der Waals surface area contributed by atoms with Crippen molar-refractivity contribution in [2.24, 2.45) is 11.7 Å². The third-order valence-electron chi connectivity index (χ3n) is 2.53. The minimum Gasteiger partial charge on any atom is -0.326 e. The number of aromatic nitrogens is 1. The summed E-state index contributed by atoms with van der Waals surface area (Å²) in [6, 6.07) is 0.516. The lowest BCUT2D eigenvalue weighted by Gasteiger charge is -2.18. The lowest BCUT2D eigenvalue weighted by Crippen LogP contribution is -2.38. The molecule has 1 aromatic heterocycles. The highest BCUT2D eigenvalue weighted by Gasteiger charge is 2.12. The molecule has 2 atom stereocenters. The van der Waals surface area contributed by atoms with Crippen molar-refractivity contribution in [2.75, 3.05) is 6.54 Å². The summed E-state index contributed by atoms with van der Waals surface area (Å²) in [4.78, 5) is 5.61. The molecule has 0 aromatic carbocycles. The van der Waals surface area contributed by atoms with Crippen LogP contribution in [0.5, 0.6) is 0 Å². The first kappa shape index (κ1) is 12.6. The normalized spacial score (nSPS) is 15.6. The Morgan fingerprint density at radius 1 is 1.47 bits per heavy atom. The Balaban J connectivity index is 2.39. The van der Waals surface area contributed by atoms with E-state index in [9.17, 15) is 0 Å². The van der Waals surface area contributed by atoms with Crippen molar-refractivity contribution >= 4 is 11.3 Å². The van der Waals surface area contributed by atoms with Gasteiger partial charge in [0.1, 0.15) is 5.01 Å². The first-order valence-electron chi connectivity index (χ1n) is 5.42. The summed E-state index contributed by atoms with van der Waals surface area (Å²) in [5.41, 5.74) is 5.97. The van der Waals surface area contributed by atoms with Crippen LogP contribution in [-0.4, -0.2) is 17.6 Å². The molecule has 0 amide bonds. The summed E-state index contributed by atoms with van der Waals surface area (Å²) < 4.78 is 0. The van der Waals surface area contributed by atoms with Gasteiger partial charge in [0.15, 0.2) is 0 Å². The molecular weight excluding hydrogens is 206 g/mol. The summed E-state index contributed by atoms with van der Waals surface area (Å²) in [5.74, 6) is 0.516. The second-order valence-electron chi connectivity index (χ2n) is 4.35. The largest absolute Gasteiger partial charge is 0.326 e. The lowest BCUT2D eigenvalue weighted by atomic mass is 10.1. The first-order chi connectivity index (χ1) is 7.00. The van der Waals surface area contributed by atoms with Crippen LogP contribution < -0.4 is 11.1 Å². The number of aryl methyl sites for hydroxylation is 1. The van der Waals surface area contributed by atoms with Gasteiger partial charge in [0.2, 0.25) is 0 Å². The van der Waals surface area contributed by atoms with E-state index in [1.807, 2.05) is 6.20 Å². The Morgan fingerprint density at radius 2 is 2.13 bits per heavy atom. The topological polar surface area (TPSA) is 50.9 Å². The zero-order valence-electron chi connectivity index (χ0n) is 9.95. The number of nitrogens with zero attached hydrogens (tertiary/aromatic N) is 1. The van der Waals surface area contributed by atoms with Gasteiger partial charge in [0, 0.05) is 23.7 Å². The minimum absolute atomic E-state index is 0.216. The number of nitrogens with one attached hydrogen (secondary N) is 1. The fourth-order valence-corrected chi connectivity index (χ4v) is 2.01. The fraction of sp³-hybridized carbons (Fsp3) is 0.727. The summed E-state index contributed by atoms with van der Waals surface area (Å²) >= 11 is 1.74. The standard InChI is InChI=1S/C11H21N3S/c1-7(2)10(12)6-13-9(4)11-14-5-8(3)15-11/h5,7,9-10,13H,6,12H2,1-4H3. The molecule has 1 heterocycles. The highest BCUT2D eigenvalue weighted by atomic mass is 32.1. The number of rotatable bonds is 5. The number of hydrogen-bond acceptors (Lipinski definition) is 4. The summed E-state index contributed by atoms with van der Waals surface area (Å²) in [5, 5.41) is 4.56. The lowest BCUT2D eigenvalue weighted by molar-refractivity contribution is 0.434. The average Bonchev–Trinajstić information content (AvgIpc) is 2.60. The zero-order valence-corrected chi connectivity index (χ0v) is 10.8. The van der Waals surface area contributed by atoms with Crippen molar-refractivity contribution in [3.63, 3.8) is 0 Å². The SMILES string of the molecule is Cc1cnc(C(C)NCC(N)C(C)C)s1. The molecule has 0 aliphatic rings. The third-order valence-corrected chi connectivity index (χ3v) is 3.62. The highest BCUT2D eigenvalue weighted by Crippen LogP contribution is 2.18. The molecule has 0 saturated carbocycles. The minimum atomic E-state index is 0.216. The second kappa shape index (κ2) is 5.58. The van der Waals surface area contributed by atoms with E-state index in [1.165, 1.54) is 4.88 Å². The van der Waals surface area contributed by atoms with E-state index in [1.54, 1.807) is 11.3 Å². The summed E-state index contributed by atoms with van der Waals surface area (Å²) in [7, 11) is 0. The van der Waals surface area contributed by atoms with Gasteiger partial charge in [-0.05, 0) is 19.8 Å². The number of thiazole rings is 1. The van der Waals surface area contributed by atoms with E-state index in [-0.39, 0.29) is 6.04 Å².